The molecule has 3 rings (SSSR count). The summed E-state index contributed by atoms with van der Waals surface area (Å²) in [5.74, 6) is 0.613. The van der Waals surface area contributed by atoms with Crippen LogP contribution in [0.15, 0.2) is 59.2 Å². The van der Waals surface area contributed by atoms with Crippen molar-refractivity contribution in [3.05, 3.63) is 70.9 Å². The van der Waals surface area contributed by atoms with Crippen molar-refractivity contribution >= 4 is 17.9 Å². The third kappa shape index (κ3) is 2.91. The maximum Gasteiger partial charge on any atom is 0.363 e. The molecule has 2 aromatic carbocycles. The summed E-state index contributed by atoms with van der Waals surface area (Å²) in [6.07, 6.45) is 1.72. The number of cyclic esters (lactones) is 1. The van der Waals surface area contributed by atoms with E-state index in [0.717, 1.165) is 16.9 Å². The Morgan fingerprint density at radius 2 is 1.73 bits per heavy atom. The molecule has 110 valence electrons. The second-order valence-electron chi connectivity index (χ2n) is 4.98. The summed E-state index contributed by atoms with van der Waals surface area (Å²) < 4.78 is 10.3. The van der Waals surface area contributed by atoms with E-state index in [4.69, 9.17) is 9.47 Å². The fourth-order valence-corrected chi connectivity index (χ4v) is 2.09. The summed E-state index contributed by atoms with van der Waals surface area (Å²) in [6, 6.07) is 15.1. The van der Waals surface area contributed by atoms with E-state index in [1.807, 2.05) is 31.2 Å². The molecule has 0 bridgehead atoms. The summed E-state index contributed by atoms with van der Waals surface area (Å²) >= 11 is 0. The minimum absolute atomic E-state index is 0.301. The van der Waals surface area contributed by atoms with Crippen LogP contribution in [0.3, 0.4) is 0 Å². The molecular formula is C18H15NO3. The molecule has 0 aliphatic carbocycles. The Morgan fingerprint density at radius 3 is 2.36 bits per heavy atom. The van der Waals surface area contributed by atoms with Crippen LogP contribution in [0, 0.1) is 6.92 Å². The lowest BCUT2D eigenvalue weighted by molar-refractivity contribution is -0.129. The molecule has 0 saturated heterocycles. The lowest BCUT2D eigenvalue weighted by atomic mass is 10.1. The van der Waals surface area contributed by atoms with Crippen molar-refractivity contribution in [2.75, 3.05) is 7.11 Å². The molecule has 22 heavy (non-hydrogen) atoms. The van der Waals surface area contributed by atoms with Crippen LogP contribution >= 0.6 is 0 Å². The standard InChI is InChI=1S/C18H15NO3/c1-12-3-5-13(6-4-12)11-16-18(20)22-17(19-16)14-7-9-15(21-2)10-8-14/h3-11H,1-2H3. The molecular weight excluding hydrogens is 278 g/mol. The van der Waals surface area contributed by atoms with E-state index in [0.29, 0.717) is 11.6 Å². The van der Waals surface area contributed by atoms with Crippen molar-refractivity contribution < 1.29 is 14.3 Å². The molecule has 0 saturated carbocycles. The molecule has 0 spiro atoms. The highest BCUT2D eigenvalue weighted by Gasteiger charge is 2.24. The van der Waals surface area contributed by atoms with Crippen LogP contribution in [-0.2, 0) is 9.53 Å². The maximum atomic E-state index is 11.9. The number of esters is 1. The minimum Gasteiger partial charge on any atom is -0.497 e. The number of methoxy groups -OCH3 is 1. The quantitative estimate of drug-likeness (QED) is 0.644. The highest BCUT2D eigenvalue weighted by atomic mass is 16.6. The highest BCUT2D eigenvalue weighted by molar-refractivity contribution is 6.12. The molecule has 0 unspecified atom stereocenters. The summed E-state index contributed by atoms with van der Waals surface area (Å²) in [7, 11) is 1.60. The Bertz CT molecular complexity index is 756. The summed E-state index contributed by atoms with van der Waals surface area (Å²) in [5, 5.41) is 0. The second-order valence-corrected chi connectivity index (χ2v) is 4.98. The number of carbonyl (C=O) groups excluding carboxylic acids is 1. The number of rotatable bonds is 3. The predicted molar refractivity (Wildman–Crippen MR) is 84.8 cm³/mol. The Balaban J connectivity index is 1.88. The van der Waals surface area contributed by atoms with Gasteiger partial charge in [0, 0.05) is 5.56 Å². The van der Waals surface area contributed by atoms with Gasteiger partial charge in [0.25, 0.3) is 0 Å². The van der Waals surface area contributed by atoms with Gasteiger partial charge in [0.2, 0.25) is 5.90 Å². The fraction of sp³-hybridized carbons (Fsp3) is 0.111. The number of ether oxygens (including phenoxy) is 2. The van der Waals surface area contributed by atoms with Crippen molar-refractivity contribution in [2.45, 2.75) is 6.92 Å². The summed E-state index contributed by atoms with van der Waals surface area (Å²) in [6.45, 7) is 2.01. The Labute approximate surface area is 128 Å². The van der Waals surface area contributed by atoms with Gasteiger partial charge in [0.15, 0.2) is 5.70 Å². The first-order valence-electron chi connectivity index (χ1n) is 6.89. The largest absolute Gasteiger partial charge is 0.497 e. The van der Waals surface area contributed by atoms with Crippen molar-refractivity contribution in [3.8, 4) is 5.75 Å². The third-order valence-corrected chi connectivity index (χ3v) is 3.34. The maximum absolute atomic E-state index is 11.9. The van der Waals surface area contributed by atoms with Crippen molar-refractivity contribution in [1.82, 2.24) is 0 Å². The van der Waals surface area contributed by atoms with Crippen molar-refractivity contribution in [2.24, 2.45) is 4.99 Å². The number of nitrogens with zero attached hydrogens (tertiary/aromatic N) is 1. The molecule has 0 amide bonds. The fourth-order valence-electron chi connectivity index (χ4n) is 2.09. The minimum atomic E-state index is -0.439. The van der Waals surface area contributed by atoms with Gasteiger partial charge in [0.05, 0.1) is 7.11 Å². The molecule has 0 atom stereocenters. The molecule has 0 fully saturated rings. The lowest BCUT2D eigenvalue weighted by Crippen LogP contribution is -2.05. The van der Waals surface area contributed by atoms with E-state index in [1.165, 1.54) is 5.56 Å². The van der Waals surface area contributed by atoms with Gasteiger partial charge in [-0.05, 0) is 42.8 Å². The number of carbonyl (C=O) groups is 1. The second kappa shape index (κ2) is 5.85. The molecule has 0 N–H and O–H groups in total. The predicted octanol–water partition coefficient (Wildman–Crippen LogP) is 3.35. The number of aliphatic imine (C=N–C) groups is 1. The van der Waals surface area contributed by atoms with E-state index < -0.39 is 5.97 Å². The van der Waals surface area contributed by atoms with Gasteiger partial charge in [-0.1, -0.05) is 29.8 Å². The van der Waals surface area contributed by atoms with Gasteiger partial charge in [-0.25, -0.2) is 9.79 Å². The Morgan fingerprint density at radius 1 is 1.05 bits per heavy atom. The number of hydrogen-bond acceptors (Lipinski definition) is 4. The third-order valence-electron chi connectivity index (χ3n) is 3.34. The number of benzene rings is 2. The SMILES string of the molecule is COc1ccc(C2=NC(=Cc3ccc(C)cc3)C(=O)O2)cc1. The van der Waals surface area contributed by atoms with Crippen molar-refractivity contribution in [1.29, 1.82) is 0 Å². The first kappa shape index (κ1) is 14.1. The van der Waals surface area contributed by atoms with Gasteiger partial charge in [-0.15, -0.1) is 0 Å². The highest BCUT2D eigenvalue weighted by Crippen LogP contribution is 2.20. The van der Waals surface area contributed by atoms with Crippen LogP contribution in [0.4, 0.5) is 0 Å². The average molecular weight is 293 g/mol. The first-order valence-corrected chi connectivity index (χ1v) is 6.89. The van der Waals surface area contributed by atoms with Crippen LogP contribution < -0.4 is 4.74 Å². The van der Waals surface area contributed by atoms with E-state index in [9.17, 15) is 4.79 Å². The smallest absolute Gasteiger partial charge is 0.363 e. The van der Waals surface area contributed by atoms with E-state index in [-0.39, 0.29) is 0 Å². The normalized spacial score (nSPS) is 15.6. The zero-order valence-electron chi connectivity index (χ0n) is 12.4. The van der Waals surface area contributed by atoms with Crippen molar-refractivity contribution in [3.63, 3.8) is 0 Å². The topological polar surface area (TPSA) is 47.9 Å². The molecule has 1 heterocycles. The molecule has 2 aromatic rings. The van der Waals surface area contributed by atoms with Gasteiger partial charge in [-0.3, -0.25) is 0 Å². The van der Waals surface area contributed by atoms with E-state index in [2.05, 4.69) is 4.99 Å². The summed E-state index contributed by atoms with van der Waals surface area (Å²) in [5.41, 5.74) is 3.12. The van der Waals surface area contributed by atoms with Gasteiger partial charge >= 0.3 is 5.97 Å². The Hall–Kier alpha value is -2.88. The first-order chi connectivity index (χ1) is 10.7. The van der Waals surface area contributed by atoms with Crippen LogP contribution in [0.5, 0.6) is 5.75 Å². The Kier molecular flexibility index (Phi) is 3.74. The average Bonchev–Trinajstić information content (AvgIpc) is 2.91. The summed E-state index contributed by atoms with van der Waals surface area (Å²) in [4.78, 5) is 16.2. The molecule has 1 aliphatic heterocycles. The zero-order valence-corrected chi connectivity index (χ0v) is 12.4. The zero-order chi connectivity index (χ0) is 15.5. The van der Waals surface area contributed by atoms with Crippen LogP contribution in [0.2, 0.25) is 0 Å². The van der Waals surface area contributed by atoms with E-state index in [1.54, 1.807) is 37.5 Å². The van der Waals surface area contributed by atoms with Gasteiger partial charge in [0.1, 0.15) is 5.75 Å². The number of aryl methyl sites for hydroxylation is 1. The molecule has 0 aromatic heterocycles. The molecule has 1 aliphatic rings. The number of hydrogen-bond donors (Lipinski definition) is 0. The van der Waals surface area contributed by atoms with Crippen LogP contribution in [0.25, 0.3) is 6.08 Å². The molecule has 0 radical (unpaired) electrons. The molecule has 4 heteroatoms. The van der Waals surface area contributed by atoms with Gasteiger partial charge in [-0.2, -0.15) is 0 Å². The lowest BCUT2D eigenvalue weighted by Gasteiger charge is -2.01. The van der Waals surface area contributed by atoms with Crippen LogP contribution in [-0.4, -0.2) is 19.0 Å². The van der Waals surface area contributed by atoms with Gasteiger partial charge < -0.3 is 9.47 Å². The monoisotopic (exact) mass is 293 g/mol. The van der Waals surface area contributed by atoms with Crippen LogP contribution in [0.1, 0.15) is 16.7 Å². The molecule has 4 nitrogen and oxygen atoms in total. The van der Waals surface area contributed by atoms with E-state index >= 15 is 0 Å².